The second-order valence-corrected chi connectivity index (χ2v) is 7.79. The van der Waals surface area contributed by atoms with Gasteiger partial charge in [-0.3, -0.25) is 4.79 Å². The van der Waals surface area contributed by atoms with Gasteiger partial charge in [0.2, 0.25) is 0 Å². The summed E-state index contributed by atoms with van der Waals surface area (Å²) in [5.41, 5.74) is 1.85. The maximum Gasteiger partial charge on any atom is 0.266 e. The molecule has 6 nitrogen and oxygen atoms in total. The SMILES string of the molecule is N#CC(=Cc1cc2ccccc2nc1N1CCOCC1)C(=O)Nc1ccc(Cl)cc1Cl. The van der Waals surface area contributed by atoms with Crippen LogP contribution in [0.3, 0.4) is 0 Å². The maximum absolute atomic E-state index is 12.8. The van der Waals surface area contributed by atoms with Gasteiger partial charge in [-0.15, -0.1) is 0 Å². The Balaban J connectivity index is 1.72. The molecule has 1 aliphatic heterocycles. The van der Waals surface area contributed by atoms with E-state index in [9.17, 15) is 10.1 Å². The lowest BCUT2D eigenvalue weighted by Crippen LogP contribution is -2.37. The second-order valence-electron chi connectivity index (χ2n) is 6.94. The Kier molecular flexibility index (Phi) is 6.38. The third-order valence-electron chi connectivity index (χ3n) is 4.89. The van der Waals surface area contributed by atoms with Crippen molar-refractivity contribution in [3.05, 3.63) is 69.7 Å². The third kappa shape index (κ3) is 4.80. The molecule has 1 N–H and O–H groups in total. The highest BCUT2D eigenvalue weighted by Crippen LogP contribution is 2.28. The van der Waals surface area contributed by atoms with Crippen LogP contribution in [0.15, 0.2) is 54.1 Å². The van der Waals surface area contributed by atoms with Gasteiger partial charge >= 0.3 is 0 Å². The van der Waals surface area contributed by atoms with Gasteiger partial charge in [0.25, 0.3) is 5.91 Å². The fourth-order valence-corrected chi connectivity index (χ4v) is 3.80. The quantitative estimate of drug-likeness (QED) is 0.448. The summed E-state index contributed by atoms with van der Waals surface area (Å²) in [6, 6.07) is 16.4. The van der Waals surface area contributed by atoms with E-state index >= 15 is 0 Å². The Bertz CT molecular complexity index is 1210. The number of amides is 1. The van der Waals surface area contributed by atoms with Crippen molar-refractivity contribution in [3.63, 3.8) is 0 Å². The van der Waals surface area contributed by atoms with E-state index in [0.29, 0.717) is 53.4 Å². The number of nitrogens with one attached hydrogen (secondary N) is 1. The van der Waals surface area contributed by atoms with Crippen LogP contribution in [0.5, 0.6) is 0 Å². The van der Waals surface area contributed by atoms with E-state index < -0.39 is 5.91 Å². The zero-order chi connectivity index (χ0) is 21.8. The number of nitrogens with zero attached hydrogens (tertiary/aromatic N) is 3. The van der Waals surface area contributed by atoms with E-state index in [-0.39, 0.29) is 5.57 Å². The molecule has 0 unspecified atom stereocenters. The number of nitriles is 1. The number of aromatic nitrogens is 1. The molecule has 0 radical (unpaired) electrons. The number of rotatable bonds is 4. The van der Waals surface area contributed by atoms with Crippen molar-refractivity contribution in [1.29, 1.82) is 5.26 Å². The van der Waals surface area contributed by atoms with Crippen molar-refractivity contribution in [2.24, 2.45) is 0 Å². The molecule has 2 aromatic carbocycles. The van der Waals surface area contributed by atoms with E-state index in [2.05, 4.69) is 10.2 Å². The molecule has 8 heteroatoms. The molecule has 1 aromatic heterocycles. The molecule has 0 saturated carbocycles. The number of para-hydroxylation sites is 1. The van der Waals surface area contributed by atoms with Gasteiger partial charge in [0.05, 0.1) is 29.4 Å². The molecule has 2 heterocycles. The van der Waals surface area contributed by atoms with Crippen molar-refractivity contribution < 1.29 is 9.53 Å². The molecule has 0 aliphatic carbocycles. The topological polar surface area (TPSA) is 78.2 Å². The monoisotopic (exact) mass is 452 g/mol. The summed E-state index contributed by atoms with van der Waals surface area (Å²) in [4.78, 5) is 19.7. The summed E-state index contributed by atoms with van der Waals surface area (Å²) >= 11 is 12.1. The fourth-order valence-electron chi connectivity index (χ4n) is 3.34. The first kappa shape index (κ1) is 21.1. The van der Waals surface area contributed by atoms with Gasteiger partial charge in [0.1, 0.15) is 17.5 Å². The van der Waals surface area contributed by atoms with Gasteiger partial charge in [-0.25, -0.2) is 4.98 Å². The van der Waals surface area contributed by atoms with Gasteiger partial charge < -0.3 is 15.0 Å². The number of morpholine rings is 1. The molecule has 3 aromatic rings. The van der Waals surface area contributed by atoms with E-state index in [1.165, 1.54) is 6.07 Å². The summed E-state index contributed by atoms with van der Waals surface area (Å²) in [7, 11) is 0. The number of hydrogen-bond donors (Lipinski definition) is 1. The lowest BCUT2D eigenvalue weighted by atomic mass is 10.1. The predicted octanol–water partition coefficient (Wildman–Crippen LogP) is 4.92. The highest BCUT2D eigenvalue weighted by molar-refractivity contribution is 6.37. The van der Waals surface area contributed by atoms with E-state index in [1.54, 1.807) is 18.2 Å². The largest absolute Gasteiger partial charge is 0.378 e. The Morgan fingerprint density at radius 3 is 2.68 bits per heavy atom. The van der Waals surface area contributed by atoms with Crippen molar-refractivity contribution in [1.82, 2.24) is 4.98 Å². The first-order valence-electron chi connectivity index (χ1n) is 9.66. The number of hydrogen-bond acceptors (Lipinski definition) is 5. The standard InChI is InChI=1S/C23H18Cl2N4O2/c24-18-5-6-21(19(25)13-18)28-23(30)17(14-26)12-16-11-15-3-1-2-4-20(15)27-22(16)29-7-9-31-10-8-29/h1-6,11-13H,7-10H2,(H,28,30). The normalized spacial score (nSPS) is 14.4. The zero-order valence-corrected chi connectivity index (χ0v) is 18.0. The molecule has 0 spiro atoms. The van der Waals surface area contributed by atoms with E-state index in [4.69, 9.17) is 32.9 Å². The van der Waals surface area contributed by atoms with E-state index in [0.717, 1.165) is 10.9 Å². The number of fused-ring (bicyclic) bond motifs is 1. The Hall–Kier alpha value is -3.11. The van der Waals surface area contributed by atoms with Crippen molar-refractivity contribution in [2.45, 2.75) is 0 Å². The van der Waals surface area contributed by atoms with Crippen LogP contribution in [0.2, 0.25) is 10.0 Å². The highest BCUT2D eigenvalue weighted by Gasteiger charge is 2.19. The molecule has 1 aliphatic rings. The molecule has 1 fully saturated rings. The van der Waals surface area contributed by atoms with Crippen LogP contribution in [0.25, 0.3) is 17.0 Å². The average Bonchev–Trinajstić information content (AvgIpc) is 2.79. The molecule has 1 amide bonds. The summed E-state index contributed by atoms with van der Waals surface area (Å²) in [6.07, 6.45) is 1.56. The van der Waals surface area contributed by atoms with Gasteiger partial charge in [0, 0.05) is 29.1 Å². The zero-order valence-electron chi connectivity index (χ0n) is 16.4. The Labute approximate surface area is 189 Å². The molecule has 4 rings (SSSR count). The van der Waals surface area contributed by atoms with Crippen molar-refractivity contribution >= 4 is 57.6 Å². The maximum atomic E-state index is 12.8. The lowest BCUT2D eigenvalue weighted by molar-refractivity contribution is -0.112. The van der Waals surface area contributed by atoms with Crippen LogP contribution in [-0.2, 0) is 9.53 Å². The summed E-state index contributed by atoms with van der Waals surface area (Å²) in [6.45, 7) is 2.55. The van der Waals surface area contributed by atoms with Gasteiger partial charge in [-0.05, 0) is 36.4 Å². The van der Waals surface area contributed by atoms with Crippen LogP contribution in [-0.4, -0.2) is 37.2 Å². The number of pyridine rings is 1. The van der Waals surface area contributed by atoms with Crippen LogP contribution in [0.4, 0.5) is 11.5 Å². The number of carbonyl (C=O) groups is 1. The minimum absolute atomic E-state index is 0.0578. The summed E-state index contributed by atoms with van der Waals surface area (Å²) in [5.74, 6) is 0.153. The number of carbonyl (C=O) groups excluding carboxylic acids is 1. The van der Waals surface area contributed by atoms with Crippen LogP contribution >= 0.6 is 23.2 Å². The number of anilines is 2. The van der Waals surface area contributed by atoms with Crippen LogP contribution in [0.1, 0.15) is 5.56 Å². The minimum atomic E-state index is -0.562. The first-order chi connectivity index (χ1) is 15.0. The number of ether oxygens (including phenoxy) is 1. The summed E-state index contributed by atoms with van der Waals surface area (Å²) < 4.78 is 5.45. The van der Waals surface area contributed by atoms with Gasteiger partial charge in [0.15, 0.2) is 0 Å². The second kappa shape index (κ2) is 9.36. The number of benzene rings is 2. The minimum Gasteiger partial charge on any atom is -0.378 e. The molecule has 156 valence electrons. The van der Waals surface area contributed by atoms with Gasteiger partial charge in [-0.2, -0.15) is 5.26 Å². The van der Waals surface area contributed by atoms with Crippen molar-refractivity contribution in [2.75, 3.05) is 36.5 Å². The molecule has 31 heavy (non-hydrogen) atoms. The third-order valence-corrected chi connectivity index (χ3v) is 5.43. The van der Waals surface area contributed by atoms with Crippen LogP contribution < -0.4 is 10.2 Å². The Morgan fingerprint density at radius 2 is 1.94 bits per heavy atom. The lowest BCUT2D eigenvalue weighted by Gasteiger charge is -2.29. The van der Waals surface area contributed by atoms with Crippen molar-refractivity contribution in [3.8, 4) is 6.07 Å². The predicted molar refractivity (Wildman–Crippen MR) is 123 cm³/mol. The van der Waals surface area contributed by atoms with E-state index in [1.807, 2.05) is 36.4 Å². The fraction of sp³-hybridized carbons (Fsp3) is 0.174. The average molecular weight is 453 g/mol. The molecular weight excluding hydrogens is 435 g/mol. The van der Waals surface area contributed by atoms with Gasteiger partial charge in [-0.1, -0.05) is 41.4 Å². The summed E-state index contributed by atoms with van der Waals surface area (Å²) in [5, 5.41) is 14.0. The van der Waals surface area contributed by atoms with Crippen LogP contribution in [0, 0.1) is 11.3 Å². The molecule has 0 atom stereocenters. The number of halogens is 2. The highest BCUT2D eigenvalue weighted by atomic mass is 35.5. The first-order valence-corrected chi connectivity index (χ1v) is 10.4. The smallest absolute Gasteiger partial charge is 0.266 e. The molecular formula is C23H18Cl2N4O2. The Morgan fingerprint density at radius 1 is 1.16 bits per heavy atom. The molecule has 1 saturated heterocycles. The molecule has 0 bridgehead atoms.